The zero-order valence-electron chi connectivity index (χ0n) is 10.3. The third-order valence-electron chi connectivity index (χ3n) is 2.83. The molecule has 0 atom stereocenters. The van der Waals surface area contributed by atoms with Crippen molar-refractivity contribution in [2.45, 2.75) is 13.0 Å². The van der Waals surface area contributed by atoms with Gasteiger partial charge in [0.05, 0.1) is 0 Å². The minimum atomic E-state index is -0.292. The predicted molar refractivity (Wildman–Crippen MR) is 73.2 cm³/mol. The molecule has 0 aliphatic carbocycles. The molecular weight excluding hydrogens is 268 g/mol. The summed E-state index contributed by atoms with van der Waals surface area (Å²) in [6.07, 6.45) is 0.785. The molecule has 0 amide bonds. The first kappa shape index (κ1) is 14.0. The fraction of sp³-hybridized carbons (Fsp3) is 0.200. The van der Waals surface area contributed by atoms with Gasteiger partial charge in [-0.05, 0) is 54.4 Å². The number of hydrogen-bond acceptors (Lipinski definition) is 1. The van der Waals surface area contributed by atoms with Crippen molar-refractivity contribution in [1.29, 1.82) is 0 Å². The molecule has 2 aromatic rings. The Kier molecular flexibility index (Phi) is 4.88. The summed E-state index contributed by atoms with van der Waals surface area (Å²) in [6.45, 7) is 1.23. The molecule has 0 saturated heterocycles. The maximum Gasteiger partial charge on any atom is 0.123 e. The Balaban J connectivity index is 1.80. The topological polar surface area (TPSA) is 12.0 Å². The summed E-state index contributed by atoms with van der Waals surface area (Å²) in [7, 11) is 0. The van der Waals surface area contributed by atoms with Gasteiger partial charge in [0.15, 0.2) is 0 Å². The molecule has 0 saturated carbocycles. The number of benzene rings is 2. The average Bonchev–Trinajstić information content (AvgIpc) is 2.40. The molecule has 0 aliphatic heterocycles. The van der Waals surface area contributed by atoms with Crippen molar-refractivity contribution in [1.82, 2.24) is 5.32 Å². The van der Waals surface area contributed by atoms with Crippen LogP contribution in [-0.2, 0) is 13.0 Å². The molecule has 100 valence electrons. The summed E-state index contributed by atoms with van der Waals surface area (Å²) in [6, 6.07) is 10.7. The van der Waals surface area contributed by atoms with Gasteiger partial charge in [-0.3, -0.25) is 0 Å². The minimum absolute atomic E-state index is 0.233. The first-order valence-electron chi connectivity index (χ1n) is 6.04. The third kappa shape index (κ3) is 4.30. The SMILES string of the molecule is Fc1ccc(CCNCc2cc(F)ccc2Cl)cc1. The molecule has 0 aliphatic rings. The second-order valence-corrected chi connectivity index (χ2v) is 4.70. The van der Waals surface area contributed by atoms with E-state index in [4.69, 9.17) is 11.6 Å². The van der Waals surface area contributed by atoms with E-state index in [1.54, 1.807) is 18.2 Å². The molecule has 4 heteroatoms. The molecule has 2 aromatic carbocycles. The summed E-state index contributed by atoms with van der Waals surface area (Å²) in [5.41, 5.74) is 1.79. The van der Waals surface area contributed by atoms with E-state index in [-0.39, 0.29) is 11.6 Å². The van der Waals surface area contributed by atoms with Crippen LogP contribution in [0.5, 0.6) is 0 Å². The van der Waals surface area contributed by atoms with Crippen LogP contribution in [0.1, 0.15) is 11.1 Å². The van der Waals surface area contributed by atoms with Gasteiger partial charge in [0.1, 0.15) is 11.6 Å². The molecule has 19 heavy (non-hydrogen) atoms. The summed E-state index contributed by atoms with van der Waals surface area (Å²) < 4.78 is 25.8. The lowest BCUT2D eigenvalue weighted by atomic mass is 10.1. The van der Waals surface area contributed by atoms with Crippen LogP contribution in [0.3, 0.4) is 0 Å². The zero-order chi connectivity index (χ0) is 13.7. The van der Waals surface area contributed by atoms with Crippen LogP contribution in [0.15, 0.2) is 42.5 Å². The highest BCUT2D eigenvalue weighted by Crippen LogP contribution is 2.16. The quantitative estimate of drug-likeness (QED) is 0.818. The van der Waals surface area contributed by atoms with Crippen LogP contribution in [0.4, 0.5) is 8.78 Å². The van der Waals surface area contributed by atoms with E-state index in [0.717, 1.165) is 24.1 Å². The minimum Gasteiger partial charge on any atom is -0.312 e. The molecule has 0 fully saturated rings. The lowest BCUT2D eigenvalue weighted by molar-refractivity contribution is 0.619. The van der Waals surface area contributed by atoms with Crippen LogP contribution in [0.25, 0.3) is 0 Å². The van der Waals surface area contributed by atoms with Crippen LogP contribution in [0, 0.1) is 11.6 Å². The Morgan fingerprint density at radius 2 is 1.63 bits per heavy atom. The van der Waals surface area contributed by atoms with Gasteiger partial charge in [0.2, 0.25) is 0 Å². The Morgan fingerprint density at radius 1 is 0.947 bits per heavy atom. The van der Waals surface area contributed by atoms with Gasteiger partial charge in [-0.25, -0.2) is 8.78 Å². The van der Waals surface area contributed by atoms with E-state index in [1.165, 1.54) is 24.3 Å². The normalized spacial score (nSPS) is 10.7. The molecule has 0 unspecified atom stereocenters. The zero-order valence-corrected chi connectivity index (χ0v) is 11.1. The van der Waals surface area contributed by atoms with Gasteiger partial charge >= 0.3 is 0 Å². The largest absolute Gasteiger partial charge is 0.312 e. The molecular formula is C15H14ClF2N. The molecule has 0 heterocycles. The van der Waals surface area contributed by atoms with E-state index in [9.17, 15) is 8.78 Å². The van der Waals surface area contributed by atoms with Gasteiger partial charge in [0, 0.05) is 11.6 Å². The number of nitrogens with one attached hydrogen (secondary N) is 1. The highest BCUT2D eigenvalue weighted by atomic mass is 35.5. The number of rotatable bonds is 5. The van der Waals surface area contributed by atoms with Crippen molar-refractivity contribution < 1.29 is 8.78 Å². The lowest BCUT2D eigenvalue weighted by Crippen LogP contribution is -2.17. The molecule has 0 aromatic heterocycles. The highest BCUT2D eigenvalue weighted by molar-refractivity contribution is 6.31. The van der Waals surface area contributed by atoms with Gasteiger partial charge < -0.3 is 5.32 Å². The van der Waals surface area contributed by atoms with Crippen molar-refractivity contribution in [3.05, 3.63) is 70.2 Å². The molecule has 1 N–H and O–H groups in total. The van der Waals surface area contributed by atoms with Crippen LogP contribution in [-0.4, -0.2) is 6.54 Å². The summed E-state index contributed by atoms with van der Waals surface area (Å²) in [4.78, 5) is 0. The van der Waals surface area contributed by atoms with Gasteiger partial charge in [-0.1, -0.05) is 23.7 Å². The Bertz CT molecular complexity index is 540. The van der Waals surface area contributed by atoms with Crippen molar-refractivity contribution in [2.75, 3.05) is 6.54 Å². The predicted octanol–water partition coefficient (Wildman–Crippen LogP) is 3.95. The Labute approximate surface area is 116 Å². The third-order valence-corrected chi connectivity index (χ3v) is 3.20. The van der Waals surface area contributed by atoms with E-state index in [1.807, 2.05) is 0 Å². The van der Waals surface area contributed by atoms with Gasteiger partial charge in [0.25, 0.3) is 0 Å². The second kappa shape index (κ2) is 6.64. The first-order valence-corrected chi connectivity index (χ1v) is 6.42. The van der Waals surface area contributed by atoms with Crippen LogP contribution < -0.4 is 5.32 Å². The monoisotopic (exact) mass is 281 g/mol. The van der Waals surface area contributed by atoms with E-state index < -0.39 is 0 Å². The van der Waals surface area contributed by atoms with Crippen molar-refractivity contribution in [3.63, 3.8) is 0 Å². The van der Waals surface area contributed by atoms with E-state index in [2.05, 4.69) is 5.32 Å². The molecule has 0 spiro atoms. The molecule has 1 nitrogen and oxygen atoms in total. The smallest absolute Gasteiger partial charge is 0.123 e. The summed E-state index contributed by atoms with van der Waals surface area (Å²) in [5.74, 6) is -0.525. The summed E-state index contributed by atoms with van der Waals surface area (Å²) >= 11 is 5.96. The van der Waals surface area contributed by atoms with E-state index >= 15 is 0 Å². The Hall–Kier alpha value is -1.45. The fourth-order valence-corrected chi connectivity index (χ4v) is 1.97. The Morgan fingerprint density at radius 3 is 2.37 bits per heavy atom. The van der Waals surface area contributed by atoms with Gasteiger partial charge in [-0.15, -0.1) is 0 Å². The van der Waals surface area contributed by atoms with Crippen molar-refractivity contribution >= 4 is 11.6 Å². The maximum absolute atomic E-state index is 13.0. The fourth-order valence-electron chi connectivity index (χ4n) is 1.79. The maximum atomic E-state index is 13.0. The number of halogens is 3. The van der Waals surface area contributed by atoms with Gasteiger partial charge in [-0.2, -0.15) is 0 Å². The lowest BCUT2D eigenvalue weighted by Gasteiger charge is -2.07. The van der Waals surface area contributed by atoms with Crippen molar-refractivity contribution in [3.8, 4) is 0 Å². The highest BCUT2D eigenvalue weighted by Gasteiger charge is 2.01. The summed E-state index contributed by atoms with van der Waals surface area (Å²) in [5, 5.41) is 3.74. The van der Waals surface area contributed by atoms with Crippen LogP contribution in [0.2, 0.25) is 5.02 Å². The first-order chi connectivity index (χ1) is 9.15. The van der Waals surface area contributed by atoms with Crippen LogP contribution >= 0.6 is 11.6 Å². The number of hydrogen-bond donors (Lipinski definition) is 1. The molecule has 0 bridgehead atoms. The molecule has 2 rings (SSSR count). The second-order valence-electron chi connectivity index (χ2n) is 4.29. The average molecular weight is 282 g/mol. The van der Waals surface area contributed by atoms with Crippen molar-refractivity contribution in [2.24, 2.45) is 0 Å². The van der Waals surface area contributed by atoms with E-state index in [0.29, 0.717) is 11.6 Å². The standard InChI is InChI=1S/C15H14ClF2N/c16-15-6-5-14(18)9-12(15)10-19-8-7-11-1-3-13(17)4-2-11/h1-6,9,19H,7-8,10H2. The molecule has 0 radical (unpaired) electrons.